The van der Waals surface area contributed by atoms with Crippen molar-refractivity contribution in [3.8, 4) is 0 Å². The second kappa shape index (κ2) is 18.0. The second-order valence-electron chi connectivity index (χ2n) is 11.0. The van der Waals surface area contributed by atoms with E-state index in [2.05, 4.69) is 55.8 Å². The molecule has 9 nitrogen and oxygen atoms in total. The van der Waals surface area contributed by atoms with Gasteiger partial charge in [0.1, 0.15) is 0 Å². The standard InChI is InChI=1S/C13H34N2O2Si3.C9H22N2O3Si/c1-15(2)13-14-11-10-12-20(9,16-18(3,4)5)17-19(6,7)8;1-11(2)9-10-7-6-8-15(12-3,13-4)14-5/h13H,10-12H2,1-9H3;9H,6-8H2,1-5H3. The third kappa shape index (κ3) is 22.5. The van der Waals surface area contributed by atoms with Gasteiger partial charge in [-0.15, -0.1) is 0 Å². The van der Waals surface area contributed by atoms with Crippen LogP contribution in [0.3, 0.4) is 0 Å². The fraction of sp³-hybridized carbons (Fsp3) is 0.909. The van der Waals surface area contributed by atoms with Gasteiger partial charge in [-0.3, -0.25) is 9.98 Å². The second-order valence-corrected chi connectivity index (χ2v) is 27.0. The Labute approximate surface area is 221 Å². The van der Waals surface area contributed by atoms with Gasteiger partial charge in [-0.05, 0) is 64.7 Å². The highest BCUT2D eigenvalue weighted by Crippen LogP contribution is 2.25. The molecule has 0 saturated carbocycles. The van der Waals surface area contributed by atoms with E-state index < -0.39 is 34.0 Å². The molecule has 0 aromatic rings. The van der Waals surface area contributed by atoms with Crippen molar-refractivity contribution in [2.75, 3.05) is 62.6 Å². The Morgan fingerprint density at radius 3 is 1.23 bits per heavy atom. The molecule has 0 atom stereocenters. The van der Waals surface area contributed by atoms with Crippen LogP contribution in [-0.2, 0) is 21.5 Å². The predicted molar refractivity (Wildman–Crippen MR) is 160 cm³/mol. The van der Waals surface area contributed by atoms with E-state index in [-0.39, 0.29) is 0 Å². The van der Waals surface area contributed by atoms with Crippen molar-refractivity contribution >= 4 is 46.7 Å². The monoisotopic (exact) mass is 568 g/mol. The molecule has 0 N–H and O–H groups in total. The van der Waals surface area contributed by atoms with Crippen LogP contribution in [-0.4, -0.2) is 119 Å². The minimum Gasteiger partial charge on any atom is -0.437 e. The normalized spacial score (nSPS) is 13.3. The Morgan fingerprint density at radius 1 is 0.600 bits per heavy atom. The van der Waals surface area contributed by atoms with Gasteiger partial charge in [0.25, 0.3) is 0 Å². The maximum absolute atomic E-state index is 6.46. The van der Waals surface area contributed by atoms with Gasteiger partial charge in [-0.25, -0.2) is 0 Å². The number of hydrogen-bond acceptors (Lipinski definition) is 7. The van der Waals surface area contributed by atoms with E-state index in [1.165, 1.54) is 0 Å². The van der Waals surface area contributed by atoms with Crippen molar-refractivity contribution in [3.63, 3.8) is 0 Å². The van der Waals surface area contributed by atoms with E-state index in [1.807, 2.05) is 44.3 Å². The van der Waals surface area contributed by atoms with Gasteiger partial charge in [-0.1, -0.05) is 0 Å². The third-order valence-corrected chi connectivity index (χ3v) is 16.7. The molecule has 0 aliphatic rings. The van der Waals surface area contributed by atoms with E-state index in [0.717, 1.165) is 38.0 Å². The smallest absolute Gasteiger partial charge is 0.437 e. The Hall–Kier alpha value is -0.392. The van der Waals surface area contributed by atoms with Crippen molar-refractivity contribution < 1.29 is 21.5 Å². The highest BCUT2D eigenvalue weighted by molar-refractivity contribution is 6.87. The van der Waals surface area contributed by atoms with E-state index in [9.17, 15) is 0 Å². The minimum absolute atomic E-state index is 0.767. The first kappa shape index (κ1) is 36.8. The summed E-state index contributed by atoms with van der Waals surface area (Å²) in [5, 5.41) is 0. The summed E-state index contributed by atoms with van der Waals surface area (Å²) in [5.74, 6) is 0. The largest absolute Gasteiger partial charge is 0.500 e. The predicted octanol–water partition coefficient (Wildman–Crippen LogP) is 4.59. The van der Waals surface area contributed by atoms with Gasteiger partial charge in [0.2, 0.25) is 0 Å². The third-order valence-electron chi connectivity index (χ3n) is 4.29. The summed E-state index contributed by atoms with van der Waals surface area (Å²) in [5.41, 5.74) is 0. The van der Waals surface area contributed by atoms with Crippen molar-refractivity contribution in [1.29, 1.82) is 0 Å². The topological polar surface area (TPSA) is 77.4 Å². The maximum Gasteiger partial charge on any atom is 0.500 e. The Kier molecular flexibility index (Phi) is 18.9. The molecule has 0 heterocycles. The SMILES string of the molecule is CN(C)C=NCCC[Si](C)(O[Si](C)(C)C)O[Si](C)(C)C.CO[Si](CCCN=CN(C)C)(OC)OC. The molecule has 0 aliphatic heterocycles. The van der Waals surface area contributed by atoms with Crippen LogP contribution in [0.2, 0.25) is 57.9 Å². The molecule has 0 aliphatic carbocycles. The summed E-state index contributed by atoms with van der Waals surface area (Å²) in [6.07, 6.45) is 5.63. The van der Waals surface area contributed by atoms with Gasteiger partial charge in [0.15, 0.2) is 16.6 Å². The molecule has 210 valence electrons. The quantitative estimate of drug-likeness (QED) is 0.110. The van der Waals surface area contributed by atoms with E-state index in [1.54, 1.807) is 27.7 Å². The highest BCUT2D eigenvalue weighted by atomic mass is 28.5. The first-order valence-corrected chi connectivity index (χ1v) is 23.6. The average molecular weight is 569 g/mol. The van der Waals surface area contributed by atoms with Crippen LogP contribution in [0.5, 0.6) is 0 Å². The zero-order chi connectivity index (χ0) is 27.8. The molecule has 0 radical (unpaired) electrons. The van der Waals surface area contributed by atoms with Crippen molar-refractivity contribution in [2.45, 2.75) is 70.8 Å². The Bertz CT molecular complexity index is 569. The minimum atomic E-state index is -2.38. The van der Waals surface area contributed by atoms with Crippen LogP contribution in [0, 0.1) is 0 Å². The number of nitrogens with zero attached hydrogens (tertiary/aromatic N) is 4. The van der Waals surface area contributed by atoms with Crippen molar-refractivity contribution in [2.24, 2.45) is 9.98 Å². The zero-order valence-electron chi connectivity index (χ0n) is 25.2. The van der Waals surface area contributed by atoms with Crippen molar-refractivity contribution in [3.05, 3.63) is 0 Å². The number of aliphatic imine (C=N–C) groups is 2. The molecular formula is C22H56N4O5Si4. The molecule has 0 fully saturated rings. The van der Waals surface area contributed by atoms with Crippen LogP contribution >= 0.6 is 0 Å². The van der Waals surface area contributed by atoms with Gasteiger partial charge in [0.05, 0.1) is 12.7 Å². The lowest BCUT2D eigenvalue weighted by Gasteiger charge is -2.38. The molecule has 0 saturated heterocycles. The zero-order valence-corrected chi connectivity index (χ0v) is 29.2. The molecule has 0 rings (SSSR count). The Morgan fingerprint density at radius 2 is 0.943 bits per heavy atom. The van der Waals surface area contributed by atoms with Crippen LogP contribution in [0.25, 0.3) is 0 Å². The van der Waals surface area contributed by atoms with E-state index >= 15 is 0 Å². The van der Waals surface area contributed by atoms with E-state index in [0.29, 0.717) is 0 Å². The van der Waals surface area contributed by atoms with Crippen molar-refractivity contribution in [1.82, 2.24) is 9.80 Å². The van der Waals surface area contributed by atoms with Gasteiger partial charge < -0.3 is 31.3 Å². The number of hydrogen-bond donors (Lipinski definition) is 0. The summed E-state index contributed by atoms with van der Waals surface area (Å²) in [4.78, 5) is 12.5. The first-order chi connectivity index (χ1) is 15.9. The van der Waals surface area contributed by atoms with E-state index in [4.69, 9.17) is 21.5 Å². The molecular weight excluding hydrogens is 513 g/mol. The molecule has 13 heteroatoms. The molecule has 0 aromatic carbocycles. The maximum atomic E-state index is 6.46. The van der Waals surface area contributed by atoms with Gasteiger partial charge in [-0.2, -0.15) is 0 Å². The molecule has 0 bridgehead atoms. The lowest BCUT2D eigenvalue weighted by atomic mass is 10.5. The van der Waals surface area contributed by atoms with Crippen LogP contribution < -0.4 is 0 Å². The van der Waals surface area contributed by atoms with Crippen LogP contribution in [0.15, 0.2) is 9.98 Å². The summed E-state index contributed by atoms with van der Waals surface area (Å²) in [6.45, 7) is 17.3. The summed E-state index contributed by atoms with van der Waals surface area (Å²) in [7, 11) is 5.18. The lowest BCUT2D eigenvalue weighted by molar-refractivity contribution is 0.123. The molecule has 35 heavy (non-hydrogen) atoms. The number of rotatable bonds is 17. The van der Waals surface area contributed by atoms with Crippen LogP contribution in [0.4, 0.5) is 0 Å². The lowest BCUT2D eigenvalue weighted by Crippen LogP contribution is -2.52. The molecule has 0 unspecified atom stereocenters. The van der Waals surface area contributed by atoms with Gasteiger partial charge >= 0.3 is 17.4 Å². The Balaban J connectivity index is 0. The fourth-order valence-electron chi connectivity index (χ4n) is 3.29. The first-order valence-electron chi connectivity index (χ1n) is 12.3. The highest BCUT2D eigenvalue weighted by Gasteiger charge is 2.39. The summed E-state index contributed by atoms with van der Waals surface area (Å²) in [6, 6.07) is 1.83. The molecule has 0 amide bonds. The summed E-state index contributed by atoms with van der Waals surface area (Å²) < 4.78 is 28.8. The fourth-order valence-corrected chi connectivity index (χ4v) is 17.5. The molecule has 0 spiro atoms. The average Bonchev–Trinajstić information content (AvgIpc) is 2.68. The van der Waals surface area contributed by atoms with Gasteiger partial charge in [0, 0.05) is 68.7 Å². The molecule has 0 aromatic heterocycles. The van der Waals surface area contributed by atoms with Crippen LogP contribution in [0.1, 0.15) is 12.8 Å². The summed E-state index contributed by atoms with van der Waals surface area (Å²) >= 11 is 0.